The Kier molecular flexibility index (Phi) is 3.75. The molecule has 0 atom stereocenters. The highest BCUT2D eigenvalue weighted by Gasteiger charge is 2.12. The standard InChI is InChI=1S/C16H14BrN3O/c1-10-13(6-3-7-14(10)18)16-19-15(20-21-16)9-11-4-2-5-12(17)8-11/h2-8H,9,18H2,1H3. The summed E-state index contributed by atoms with van der Waals surface area (Å²) < 4.78 is 6.40. The van der Waals surface area contributed by atoms with Crippen molar-refractivity contribution in [2.75, 3.05) is 5.73 Å². The molecule has 1 heterocycles. The van der Waals surface area contributed by atoms with Gasteiger partial charge in [0.15, 0.2) is 5.82 Å². The van der Waals surface area contributed by atoms with E-state index in [1.165, 1.54) is 0 Å². The molecule has 0 spiro atoms. The summed E-state index contributed by atoms with van der Waals surface area (Å²) in [4.78, 5) is 4.46. The predicted molar refractivity (Wildman–Crippen MR) is 85.8 cm³/mol. The number of nitrogen functional groups attached to an aromatic ring is 1. The van der Waals surface area contributed by atoms with E-state index in [2.05, 4.69) is 26.1 Å². The van der Waals surface area contributed by atoms with Gasteiger partial charge in [-0.15, -0.1) is 0 Å². The molecular weight excluding hydrogens is 330 g/mol. The first-order valence-corrected chi connectivity index (χ1v) is 7.35. The molecule has 0 unspecified atom stereocenters. The molecule has 0 aliphatic heterocycles. The highest BCUT2D eigenvalue weighted by atomic mass is 79.9. The van der Waals surface area contributed by atoms with Crippen LogP contribution in [0.5, 0.6) is 0 Å². The number of hydrogen-bond donors (Lipinski definition) is 1. The Labute approximate surface area is 131 Å². The van der Waals surface area contributed by atoms with Crippen molar-refractivity contribution in [2.45, 2.75) is 13.3 Å². The van der Waals surface area contributed by atoms with Crippen molar-refractivity contribution in [3.05, 3.63) is 63.9 Å². The van der Waals surface area contributed by atoms with Crippen molar-refractivity contribution < 1.29 is 4.52 Å². The van der Waals surface area contributed by atoms with Gasteiger partial charge < -0.3 is 10.3 Å². The molecule has 5 heteroatoms. The lowest BCUT2D eigenvalue weighted by atomic mass is 10.1. The Morgan fingerprint density at radius 3 is 2.81 bits per heavy atom. The maximum absolute atomic E-state index is 5.91. The highest BCUT2D eigenvalue weighted by Crippen LogP contribution is 2.26. The molecule has 2 N–H and O–H groups in total. The van der Waals surface area contributed by atoms with Gasteiger partial charge in [0, 0.05) is 22.1 Å². The smallest absolute Gasteiger partial charge is 0.258 e. The number of anilines is 1. The fraction of sp³-hybridized carbons (Fsp3) is 0.125. The van der Waals surface area contributed by atoms with Gasteiger partial charge in [0.05, 0.1) is 0 Å². The van der Waals surface area contributed by atoms with Gasteiger partial charge in [0.25, 0.3) is 5.89 Å². The summed E-state index contributed by atoms with van der Waals surface area (Å²) in [6, 6.07) is 13.7. The van der Waals surface area contributed by atoms with E-state index < -0.39 is 0 Å². The minimum Gasteiger partial charge on any atom is -0.398 e. The van der Waals surface area contributed by atoms with E-state index >= 15 is 0 Å². The van der Waals surface area contributed by atoms with Gasteiger partial charge in [-0.05, 0) is 42.3 Å². The molecule has 0 bridgehead atoms. The molecule has 0 aliphatic carbocycles. The third kappa shape index (κ3) is 2.97. The minimum absolute atomic E-state index is 0.504. The largest absolute Gasteiger partial charge is 0.398 e. The molecule has 0 aliphatic rings. The zero-order valence-corrected chi connectivity index (χ0v) is 13.1. The Hall–Kier alpha value is -2.14. The molecule has 0 fully saturated rings. The summed E-state index contributed by atoms with van der Waals surface area (Å²) in [5.41, 5.74) is 9.59. The van der Waals surface area contributed by atoms with Crippen molar-refractivity contribution in [1.82, 2.24) is 10.1 Å². The molecule has 3 rings (SSSR count). The van der Waals surface area contributed by atoms with Gasteiger partial charge in [-0.1, -0.05) is 39.3 Å². The summed E-state index contributed by atoms with van der Waals surface area (Å²) in [6.07, 6.45) is 0.629. The lowest BCUT2D eigenvalue weighted by Gasteiger charge is -2.03. The predicted octanol–water partition coefficient (Wildman–Crippen LogP) is 3.98. The normalized spacial score (nSPS) is 10.8. The van der Waals surface area contributed by atoms with Crippen LogP contribution in [0.3, 0.4) is 0 Å². The molecule has 0 saturated carbocycles. The first-order chi connectivity index (χ1) is 10.1. The number of halogens is 1. The van der Waals surface area contributed by atoms with Gasteiger partial charge in [-0.2, -0.15) is 4.98 Å². The van der Waals surface area contributed by atoms with Crippen LogP contribution in [-0.2, 0) is 6.42 Å². The zero-order chi connectivity index (χ0) is 14.8. The molecule has 0 saturated heterocycles. The third-order valence-corrected chi connectivity index (χ3v) is 3.82. The van der Waals surface area contributed by atoms with Gasteiger partial charge in [-0.25, -0.2) is 0 Å². The van der Waals surface area contributed by atoms with Crippen LogP contribution >= 0.6 is 15.9 Å². The minimum atomic E-state index is 0.504. The van der Waals surface area contributed by atoms with Crippen LogP contribution in [0, 0.1) is 6.92 Å². The second kappa shape index (κ2) is 5.69. The summed E-state index contributed by atoms with van der Waals surface area (Å²) in [7, 11) is 0. The fourth-order valence-electron chi connectivity index (χ4n) is 2.15. The summed E-state index contributed by atoms with van der Waals surface area (Å²) in [5, 5.41) is 4.05. The quantitative estimate of drug-likeness (QED) is 0.730. The van der Waals surface area contributed by atoms with Crippen molar-refractivity contribution in [1.29, 1.82) is 0 Å². The Morgan fingerprint density at radius 2 is 2.00 bits per heavy atom. The third-order valence-electron chi connectivity index (χ3n) is 3.33. The van der Waals surface area contributed by atoms with Gasteiger partial charge in [0.1, 0.15) is 0 Å². The molecule has 2 aromatic carbocycles. The van der Waals surface area contributed by atoms with Crippen LogP contribution in [0.1, 0.15) is 17.0 Å². The molecule has 0 radical (unpaired) electrons. The second-order valence-electron chi connectivity index (χ2n) is 4.84. The molecule has 1 aromatic heterocycles. The van der Waals surface area contributed by atoms with Crippen LogP contribution in [0.4, 0.5) is 5.69 Å². The van der Waals surface area contributed by atoms with Crippen molar-refractivity contribution >= 4 is 21.6 Å². The summed E-state index contributed by atoms with van der Waals surface area (Å²) in [6.45, 7) is 1.95. The molecule has 0 amide bonds. The molecule has 3 aromatic rings. The summed E-state index contributed by atoms with van der Waals surface area (Å²) in [5.74, 6) is 1.16. The number of benzene rings is 2. The Morgan fingerprint density at radius 1 is 1.19 bits per heavy atom. The maximum Gasteiger partial charge on any atom is 0.258 e. The average molecular weight is 344 g/mol. The molecule has 106 valence electrons. The van der Waals surface area contributed by atoms with E-state index in [4.69, 9.17) is 10.3 Å². The van der Waals surface area contributed by atoms with Crippen molar-refractivity contribution in [3.8, 4) is 11.5 Å². The Bertz CT molecular complexity index is 783. The topological polar surface area (TPSA) is 64.9 Å². The lowest BCUT2D eigenvalue weighted by molar-refractivity contribution is 0.423. The van der Waals surface area contributed by atoms with E-state index in [0.717, 1.165) is 26.9 Å². The number of rotatable bonds is 3. The monoisotopic (exact) mass is 343 g/mol. The molecule has 4 nitrogen and oxygen atoms in total. The SMILES string of the molecule is Cc1c(N)cccc1-c1nc(Cc2cccc(Br)c2)no1. The first kappa shape index (κ1) is 13.8. The Balaban J connectivity index is 1.88. The van der Waals surface area contributed by atoms with E-state index in [1.807, 2.05) is 49.4 Å². The second-order valence-corrected chi connectivity index (χ2v) is 5.76. The van der Waals surface area contributed by atoms with E-state index in [9.17, 15) is 0 Å². The molecular formula is C16H14BrN3O. The number of aromatic nitrogens is 2. The number of nitrogens with zero attached hydrogens (tertiary/aromatic N) is 2. The lowest BCUT2D eigenvalue weighted by Crippen LogP contribution is -1.93. The van der Waals surface area contributed by atoms with Crippen LogP contribution in [0.2, 0.25) is 0 Å². The van der Waals surface area contributed by atoms with Gasteiger partial charge in [-0.3, -0.25) is 0 Å². The van der Waals surface area contributed by atoms with Crippen LogP contribution in [0.25, 0.3) is 11.5 Å². The van der Waals surface area contributed by atoms with Crippen molar-refractivity contribution in [3.63, 3.8) is 0 Å². The van der Waals surface area contributed by atoms with E-state index in [-0.39, 0.29) is 0 Å². The van der Waals surface area contributed by atoms with Gasteiger partial charge >= 0.3 is 0 Å². The molecule has 21 heavy (non-hydrogen) atoms. The highest BCUT2D eigenvalue weighted by molar-refractivity contribution is 9.10. The summed E-state index contributed by atoms with van der Waals surface area (Å²) >= 11 is 3.46. The van der Waals surface area contributed by atoms with E-state index in [1.54, 1.807) is 0 Å². The average Bonchev–Trinajstić information content (AvgIpc) is 2.90. The van der Waals surface area contributed by atoms with Gasteiger partial charge in [0.2, 0.25) is 0 Å². The zero-order valence-electron chi connectivity index (χ0n) is 11.5. The van der Waals surface area contributed by atoms with Crippen LogP contribution in [-0.4, -0.2) is 10.1 Å². The first-order valence-electron chi connectivity index (χ1n) is 6.56. The van der Waals surface area contributed by atoms with Crippen LogP contribution < -0.4 is 5.73 Å². The van der Waals surface area contributed by atoms with Crippen LogP contribution in [0.15, 0.2) is 51.5 Å². The maximum atomic E-state index is 5.91. The van der Waals surface area contributed by atoms with Crippen molar-refractivity contribution in [2.24, 2.45) is 0 Å². The number of hydrogen-bond acceptors (Lipinski definition) is 4. The fourth-order valence-corrected chi connectivity index (χ4v) is 2.60. The number of nitrogens with two attached hydrogens (primary N) is 1. The van der Waals surface area contributed by atoms with E-state index in [0.29, 0.717) is 18.1 Å².